The van der Waals surface area contributed by atoms with Crippen molar-refractivity contribution in [1.82, 2.24) is 14.8 Å². The van der Waals surface area contributed by atoms with Gasteiger partial charge in [-0.05, 0) is 22.9 Å². The zero-order chi connectivity index (χ0) is 13.9. The largest absolute Gasteiger partial charge is 0.624 e. The molecule has 5 heteroatoms. The predicted molar refractivity (Wildman–Crippen MR) is 77.6 cm³/mol. The average molecular weight is 266 g/mol. The van der Waals surface area contributed by atoms with Crippen molar-refractivity contribution < 1.29 is 4.74 Å². The summed E-state index contributed by atoms with van der Waals surface area (Å²) in [6.07, 6.45) is 3.06. The van der Waals surface area contributed by atoms with Crippen LogP contribution in [0.1, 0.15) is 5.56 Å². The van der Waals surface area contributed by atoms with Gasteiger partial charge in [-0.15, -0.1) is 0 Å². The molecule has 0 fully saturated rings. The molecule has 3 rings (SSSR count). The van der Waals surface area contributed by atoms with Gasteiger partial charge in [0, 0.05) is 5.56 Å². The first-order valence-electron chi connectivity index (χ1n) is 6.32. The lowest BCUT2D eigenvalue weighted by molar-refractivity contribution is -0.423. The Labute approximate surface area is 116 Å². The van der Waals surface area contributed by atoms with Crippen LogP contribution in [0.5, 0.6) is 0 Å². The molecule has 0 spiro atoms. The Balaban J connectivity index is 2.04. The van der Waals surface area contributed by atoms with Crippen LogP contribution < -0.4 is 0 Å². The van der Waals surface area contributed by atoms with Gasteiger partial charge in [-0.3, -0.25) is 0 Å². The lowest BCUT2D eigenvalue weighted by Crippen LogP contribution is -2.20. The van der Waals surface area contributed by atoms with E-state index in [9.17, 15) is 5.21 Å². The summed E-state index contributed by atoms with van der Waals surface area (Å²) in [7, 11) is 1.50. The van der Waals surface area contributed by atoms with Crippen LogP contribution in [0, 0.1) is 5.21 Å². The second kappa shape index (κ2) is 5.13. The molecule has 0 unspecified atom stereocenters. The molecule has 0 radical (unpaired) electrons. The minimum absolute atomic E-state index is 0.401. The molecular weight excluding hydrogens is 252 g/mol. The SMILES string of the molecule is C/[N+]([O-])=C(/Cn1cncn1)c1ccc2ccccc2c1. The Hall–Kier alpha value is -2.69. The molecule has 0 saturated carbocycles. The van der Waals surface area contributed by atoms with Crippen LogP contribution in [0.3, 0.4) is 0 Å². The van der Waals surface area contributed by atoms with Gasteiger partial charge in [-0.25, -0.2) is 14.4 Å². The molecule has 0 aliphatic carbocycles. The standard InChI is InChI=1S/C15H14N4O/c1-18(20)15(9-19-11-16-10-17-19)14-7-6-12-4-2-3-5-13(12)8-14/h2-8,10-11H,9H2,1H3/b18-15+. The average Bonchev–Trinajstić information content (AvgIpc) is 2.97. The zero-order valence-corrected chi connectivity index (χ0v) is 11.1. The maximum atomic E-state index is 11.8. The molecule has 1 heterocycles. The normalized spacial score (nSPS) is 12.4. The molecule has 0 amide bonds. The van der Waals surface area contributed by atoms with Crippen molar-refractivity contribution >= 4 is 16.5 Å². The summed E-state index contributed by atoms with van der Waals surface area (Å²) in [6, 6.07) is 14.1. The molecule has 2 aromatic carbocycles. The number of hydrogen-bond acceptors (Lipinski definition) is 3. The quantitative estimate of drug-likeness (QED) is 0.315. The van der Waals surface area contributed by atoms with E-state index >= 15 is 0 Å². The Morgan fingerprint density at radius 2 is 2.00 bits per heavy atom. The molecule has 0 bridgehead atoms. The molecule has 3 aromatic rings. The highest BCUT2D eigenvalue weighted by Gasteiger charge is 2.13. The summed E-state index contributed by atoms with van der Waals surface area (Å²) >= 11 is 0. The number of fused-ring (bicyclic) bond motifs is 1. The van der Waals surface area contributed by atoms with Crippen LogP contribution in [0.25, 0.3) is 10.8 Å². The fourth-order valence-electron chi connectivity index (χ4n) is 2.21. The fraction of sp³-hybridized carbons (Fsp3) is 0.133. The topological polar surface area (TPSA) is 56.8 Å². The van der Waals surface area contributed by atoms with Gasteiger partial charge in [0.1, 0.15) is 26.2 Å². The molecule has 0 atom stereocenters. The number of rotatable bonds is 3. The van der Waals surface area contributed by atoms with E-state index in [1.807, 2.05) is 36.4 Å². The van der Waals surface area contributed by atoms with Crippen LogP contribution in [0.15, 0.2) is 55.1 Å². The first-order valence-corrected chi connectivity index (χ1v) is 6.32. The van der Waals surface area contributed by atoms with Crippen molar-refractivity contribution in [3.8, 4) is 0 Å². The van der Waals surface area contributed by atoms with E-state index in [2.05, 4.69) is 16.1 Å². The maximum Gasteiger partial charge on any atom is 0.215 e. The minimum atomic E-state index is 0.401. The Morgan fingerprint density at radius 1 is 1.20 bits per heavy atom. The molecule has 20 heavy (non-hydrogen) atoms. The van der Waals surface area contributed by atoms with Crippen LogP contribution >= 0.6 is 0 Å². The summed E-state index contributed by atoms with van der Waals surface area (Å²) in [5, 5.41) is 18.1. The van der Waals surface area contributed by atoms with Crippen molar-refractivity contribution in [1.29, 1.82) is 0 Å². The van der Waals surface area contributed by atoms with E-state index in [1.54, 1.807) is 11.0 Å². The number of benzene rings is 2. The van der Waals surface area contributed by atoms with Crippen molar-refractivity contribution in [3.63, 3.8) is 0 Å². The van der Waals surface area contributed by atoms with Crippen molar-refractivity contribution in [2.24, 2.45) is 0 Å². The first-order chi connectivity index (χ1) is 9.74. The second-order valence-electron chi connectivity index (χ2n) is 4.60. The number of hydroxylamine groups is 1. The molecule has 100 valence electrons. The van der Waals surface area contributed by atoms with Gasteiger partial charge >= 0.3 is 0 Å². The Bertz CT molecular complexity index is 758. The summed E-state index contributed by atoms with van der Waals surface area (Å²) in [5.74, 6) is 0. The van der Waals surface area contributed by atoms with Gasteiger partial charge in [0.2, 0.25) is 5.71 Å². The number of aromatic nitrogens is 3. The van der Waals surface area contributed by atoms with Crippen molar-refractivity contribution in [3.05, 3.63) is 65.9 Å². The number of nitrogens with zero attached hydrogens (tertiary/aromatic N) is 4. The van der Waals surface area contributed by atoms with Gasteiger partial charge in [0.25, 0.3) is 0 Å². The third kappa shape index (κ3) is 2.38. The molecule has 0 N–H and O–H groups in total. The van der Waals surface area contributed by atoms with E-state index < -0.39 is 0 Å². The van der Waals surface area contributed by atoms with E-state index in [-0.39, 0.29) is 0 Å². The predicted octanol–water partition coefficient (Wildman–Crippen LogP) is 2.06. The zero-order valence-electron chi connectivity index (χ0n) is 11.1. The van der Waals surface area contributed by atoms with E-state index in [0.717, 1.165) is 21.1 Å². The lowest BCUT2D eigenvalue weighted by Gasteiger charge is -2.09. The third-order valence-corrected chi connectivity index (χ3v) is 3.24. The first kappa shape index (κ1) is 12.3. The van der Waals surface area contributed by atoms with E-state index in [1.165, 1.54) is 13.4 Å². The van der Waals surface area contributed by atoms with Crippen LogP contribution in [0.4, 0.5) is 0 Å². The van der Waals surface area contributed by atoms with Gasteiger partial charge in [-0.2, -0.15) is 5.10 Å². The van der Waals surface area contributed by atoms with Gasteiger partial charge in [-0.1, -0.05) is 30.3 Å². The number of hydrogen-bond donors (Lipinski definition) is 0. The minimum Gasteiger partial charge on any atom is -0.624 e. The summed E-state index contributed by atoms with van der Waals surface area (Å²) in [5.41, 5.74) is 1.55. The van der Waals surface area contributed by atoms with Crippen molar-refractivity contribution in [2.75, 3.05) is 7.05 Å². The highest BCUT2D eigenvalue weighted by Crippen LogP contribution is 2.16. The Kier molecular flexibility index (Phi) is 3.16. The van der Waals surface area contributed by atoms with Gasteiger partial charge in [0.05, 0.1) is 0 Å². The molecular formula is C15H14N4O. The fourth-order valence-corrected chi connectivity index (χ4v) is 2.21. The molecule has 0 aliphatic rings. The van der Waals surface area contributed by atoms with Gasteiger partial charge < -0.3 is 5.21 Å². The lowest BCUT2D eigenvalue weighted by atomic mass is 10.0. The monoisotopic (exact) mass is 266 g/mol. The second-order valence-corrected chi connectivity index (χ2v) is 4.60. The summed E-state index contributed by atoms with van der Waals surface area (Å²) in [6.45, 7) is 0.401. The van der Waals surface area contributed by atoms with Crippen LogP contribution in [0.2, 0.25) is 0 Å². The van der Waals surface area contributed by atoms with Gasteiger partial charge in [0.15, 0.2) is 0 Å². The highest BCUT2D eigenvalue weighted by atomic mass is 16.5. The maximum absolute atomic E-state index is 11.8. The van der Waals surface area contributed by atoms with Crippen LogP contribution in [-0.4, -0.2) is 32.3 Å². The van der Waals surface area contributed by atoms with Crippen LogP contribution in [-0.2, 0) is 6.54 Å². The Morgan fingerprint density at radius 3 is 2.70 bits per heavy atom. The third-order valence-electron chi connectivity index (χ3n) is 3.24. The molecule has 5 nitrogen and oxygen atoms in total. The smallest absolute Gasteiger partial charge is 0.215 e. The summed E-state index contributed by atoms with van der Waals surface area (Å²) in [4.78, 5) is 3.90. The van der Waals surface area contributed by atoms with E-state index in [0.29, 0.717) is 12.3 Å². The highest BCUT2D eigenvalue weighted by molar-refractivity contribution is 6.00. The summed E-state index contributed by atoms with van der Waals surface area (Å²) < 4.78 is 2.52. The molecule has 1 aromatic heterocycles. The molecule has 0 aliphatic heterocycles. The van der Waals surface area contributed by atoms with Crippen molar-refractivity contribution in [2.45, 2.75) is 6.54 Å². The molecule has 0 saturated heterocycles. The van der Waals surface area contributed by atoms with E-state index in [4.69, 9.17) is 0 Å².